The van der Waals surface area contributed by atoms with E-state index in [-0.39, 0.29) is 0 Å². The van der Waals surface area contributed by atoms with Crippen LogP contribution in [0.25, 0.3) is 0 Å². The van der Waals surface area contributed by atoms with Crippen molar-refractivity contribution in [1.29, 1.82) is 0 Å². The van der Waals surface area contributed by atoms with Crippen molar-refractivity contribution in [3.63, 3.8) is 0 Å². The van der Waals surface area contributed by atoms with E-state index in [1.54, 1.807) is 40.8 Å². The molecule has 22 heteroatoms. The first-order chi connectivity index (χ1) is 66.2. The van der Waals surface area contributed by atoms with E-state index in [9.17, 15) is 0 Å². The monoisotopic (exact) mass is 1860 g/mol. The van der Waals surface area contributed by atoms with Gasteiger partial charge in [0.25, 0.3) is 0 Å². The van der Waals surface area contributed by atoms with Gasteiger partial charge in [0.15, 0.2) is 0 Å². The molecule has 1 aliphatic carbocycles. The SMILES string of the molecule is CC(C)c1ccc(CC2CCCCC2)nn1.CC(C)c1ccc(Cc2ccccc2Cl)nn1.CC(C)c1cnc(Cc2ccccc2)cn1.CC(C)c1cncc(Cc2ccccc2)n1.COc1ccccc1Cc1ccc(C(C)C)nn1.COc1ccccc1Cc1cnc(C(C)C)cn1.COc1ccccc1Cc1cncc(C(C)C)n1.COc1ccccc1Nc1cnc(C(C)C)cn1. The molecule has 1 saturated carbocycles. The number of para-hydroxylation sites is 5. The van der Waals surface area contributed by atoms with Crippen LogP contribution in [-0.4, -0.2) is 109 Å². The van der Waals surface area contributed by atoms with Gasteiger partial charge in [0.05, 0.1) is 132 Å². The molecule has 7 aromatic carbocycles. The van der Waals surface area contributed by atoms with Crippen LogP contribution in [0, 0.1) is 5.92 Å². The number of methoxy groups -OCH3 is 4. The Morgan fingerprint density at radius 2 is 0.606 bits per heavy atom. The van der Waals surface area contributed by atoms with Gasteiger partial charge < -0.3 is 24.3 Å². The average Bonchev–Trinajstić information content (AvgIpc) is 0.862. The fraction of sp³-hybridized carbons (Fsp3) is 0.357. The number of rotatable bonds is 28. The third-order valence-electron chi connectivity index (χ3n) is 22.6. The van der Waals surface area contributed by atoms with Crippen LogP contribution < -0.4 is 24.3 Å². The summed E-state index contributed by atoms with van der Waals surface area (Å²) in [5.74, 6) is 8.43. The molecule has 716 valence electrons. The molecule has 0 unspecified atom stereocenters. The van der Waals surface area contributed by atoms with Crippen molar-refractivity contribution in [3.05, 3.63) is 404 Å². The minimum atomic E-state index is 0.387. The molecule has 0 saturated heterocycles. The van der Waals surface area contributed by atoms with Gasteiger partial charge >= 0.3 is 0 Å². The smallest absolute Gasteiger partial charge is 0.148 e. The molecule has 0 atom stereocenters. The van der Waals surface area contributed by atoms with Crippen LogP contribution in [0.2, 0.25) is 5.02 Å². The van der Waals surface area contributed by atoms with Gasteiger partial charge in [-0.05, 0) is 149 Å². The van der Waals surface area contributed by atoms with E-state index in [1.165, 1.54) is 48.9 Å². The van der Waals surface area contributed by atoms with Crippen molar-refractivity contribution in [3.8, 4) is 23.0 Å². The molecule has 1 fully saturated rings. The summed E-state index contributed by atoms with van der Waals surface area (Å²) in [7, 11) is 6.71. The van der Waals surface area contributed by atoms with Crippen molar-refractivity contribution in [1.82, 2.24) is 80.4 Å². The first-order valence-corrected chi connectivity index (χ1v) is 48.2. The lowest BCUT2D eigenvalue weighted by molar-refractivity contribution is 0.353. The van der Waals surface area contributed by atoms with Gasteiger partial charge in [-0.3, -0.25) is 44.9 Å². The summed E-state index contributed by atoms with van der Waals surface area (Å²) in [5, 5.41) is 29.6. The maximum atomic E-state index is 6.11. The highest BCUT2D eigenvalue weighted by atomic mass is 35.5. The van der Waals surface area contributed by atoms with Crippen LogP contribution in [0.1, 0.15) is 309 Å². The van der Waals surface area contributed by atoms with Gasteiger partial charge in [0, 0.05) is 110 Å². The highest BCUT2D eigenvalue weighted by Gasteiger charge is 2.18. The largest absolute Gasteiger partial charge is 0.496 e. The van der Waals surface area contributed by atoms with Crippen molar-refractivity contribution >= 4 is 23.1 Å². The highest BCUT2D eigenvalue weighted by Crippen LogP contribution is 2.31. The molecule has 8 aromatic heterocycles. The van der Waals surface area contributed by atoms with Crippen LogP contribution in [0.15, 0.2) is 280 Å². The molecule has 0 spiro atoms. The lowest BCUT2D eigenvalue weighted by Crippen LogP contribution is -2.11. The third-order valence-corrected chi connectivity index (χ3v) is 22.9. The molecule has 21 nitrogen and oxygen atoms in total. The summed E-state index contributed by atoms with van der Waals surface area (Å²) < 4.78 is 21.3. The predicted octanol–water partition coefficient (Wildman–Crippen LogP) is 26.9. The lowest BCUT2D eigenvalue weighted by atomic mass is 9.86. The zero-order valence-electron chi connectivity index (χ0n) is 83.9. The Balaban J connectivity index is 0.000000175. The average molecular weight is 1860 g/mol. The quantitative estimate of drug-likeness (QED) is 0.0478. The summed E-state index contributed by atoms with van der Waals surface area (Å²) >= 11 is 6.11. The lowest BCUT2D eigenvalue weighted by Gasteiger charge is -2.20. The van der Waals surface area contributed by atoms with Crippen molar-refractivity contribution in [2.45, 2.75) is 235 Å². The molecule has 0 aliphatic heterocycles. The van der Waals surface area contributed by atoms with Gasteiger partial charge in [0.2, 0.25) is 0 Å². The molecule has 15 aromatic rings. The summed E-state index contributed by atoms with van der Waals surface area (Å²) in [5.41, 5.74) is 23.3. The predicted molar refractivity (Wildman–Crippen MR) is 556 cm³/mol. The Bertz CT molecular complexity index is 5680. The Hall–Kier alpha value is -13.5. The number of halogens is 1. The Kier molecular flexibility index (Phi) is 45.4. The zero-order chi connectivity index (χ0) is 98.2. The molecule has 8 heterocycles. The summed E-state index contributed by atoms with van der Waals surface area (Å²) in [4.78, 5) is 44.2. The van der Waals surface area contributed by atoms with Gasteiger partial charge in [-0.1, -0.05) is 300 Å². The topological polar surface area (TPSA) is 255 Å². The standard InChI is InChI=1S/3C15H18N2O.C14H15ClN2.C14H17N3O.2C14H16N2.C14H22N2/c1-11(2)14-10-16-13(9-17-14)8-12-6-4-5-7-15(12)18-3;1-11(2)14-10-16-9-13(17-14)8-12-6-4-5-7-15(12)18-3;1-11(2)14-9-8-13(16-17-14)10-12-6-4-5-7-15(12)18-3;1-10(2)14-8-7-12(16-17-14)9-11-5-3-4-6-13(11)15;1-10(2)12-8-16-14(9-15-12)17-11-6-4-5-7-13(11)18-3;1-11(2)14-10-15-13(9-16-14)8-12-6-4-3-5-7-12;1-11(2)14-10-15-9-13(16-14)8-12-6-4-3-5-7-12;1-11(2)14-9-8-13(15-16-14)10-12-6-4-3-5-7-12/h2*4-7,9-11H,8H2,1-3H3;4-9,11H,10H2,1-3H3;3-8,10H,9H2,1-2H3;4-10H,1-3H3,(H,16,17);2*3-7,9-11H,8H2,1-2H3;8-9,11-12H,3-7,10H2,1-2H3. The number of benzene rings is 7. The number of hydrogen-bond acceptors (Lipinski definition) is 21. The molecule has 16 rings (SSSR count). The normalized spacial score (nSPS) is 11.5. The molecule has 1 N–H and O–H groups in total. The molecule has 0 radical (unpaired) electrons. The molecule has 0 amide bonds. The number of anilines is 2. The maximum absolute atomic E-state index is 6.11. The van der Waals surface area contributed by atoms with Crippen LogP contribution in [0.4, 0.5) is 11.5 Å². The van der Waals surface area contributed by atoms with Gasteiger partial charge in [-0.15, -0.1) is 0 Å². The van der Waals surface area contributed by atoms with Gasteiger partial charge in [0.1, 0.15) is 28.8 Å². The number of nitrogens with one attached hydrogen (secondary N) is 1. The molecule has 137 heavy (non-hydrogen) atoms. The third kappa shape index (κ3) is 37.6. The first kappa shape index (κ1) is 107. The Morgan fingerprint density at radius 3 is 0.985 bits per heavy atom. The van der Waals surface area contributed by atoms with E-state index < -0.39 is 0 Å². The van der Waals surface area contributed by atoms with Gasteiger partial charge in [-0.2, -0.15) is 30.6 Å². The number of ether oxygens (including phenoxy) is 4. The van der Waals surface area contributed by atoms with Crippen LogP contribution >= 0.6 is 11.6 Å². The first-order valence-electron chi connectivity index (χ1n) is 47.8. The molecular weight excluding hydrogens is 1720 g/mol. The van der Waals surface area contributed by atoms with Crippen LogP contribution in [0.5, 0.6) is 23.0 Å². The Morgan fingerprint density at radius 1 is 0.270 bits per heavy atom. The highest BCUT2D eigenvalue weighted by molar-refractivity contribution is 6.31. The zero-order valence-corrected chi connectivity index (χ0v) is 84.7. The van der Waals surface area contributed by atoms with E-state index in [1.807, 2.05) is 201 Å². The number of nitrogens with zero attached hydrogens (tertiary/aromatic N) is 16. The molecule has 1 aliphatic rings. The second-order valence-corrected chi connectivity index (χ2v) is 36.6. The summed E-state index contributed by atoms with van der Waals surface area (Å²) in [6.07, 6.45) is 31.1. The van der Waals surface area contributed by atoms with E-state index in [4.69, 9.17) is 30.5 Å². The van der Waals surface area contributed by atoms with Crippen LogP contribution in [-0.2, 0) is 44.9 Å². The summed E-state index contributed by atoms with van der Waals surface area (Å²) in [6, 6.07) is 72.7. The number of aromatic nitrogens is 16. The van der Waals surface area contributed by atoms with E-state index in [0.717, 1.165) is 187 Å². The van der Waals surface area contributed by atoms with E-state index >= 15 is 0 Å². The van der Waals surface area contributed by atoms with Crippen molar-refractivity contribution < 1.29 is 18.9 Å². The fourth-order valence-corrected chi connectivity index (χ4v) is 14.5. The van der Waals surface area contributed by atoms with Crippen molar-refractivity contribution in [2.75, 3.05) is 33.8 Å². The minimum Gasteiger partial charge on any atom is -0.496 e. The molecular formula is C115H140ClN17O4. The van der Waals surface area contributed by atoms with Crippen molar-refractivity contribution in [2.24, 2.45) is 5.92 Å². The van der Waals surface area contributed by atoms with Gasteiger partial charge in [-0.25, -0.2) is 4.98 Å². The second kappa shape index (κ2) is 58.0. The Labute approximate surface area is 819 Å². The maximum Gasteiger partial charge on any atom is 0.148 e. The number of hydrogen-bond donors (Lipinski definition) is 1. The van der Waals surface area contributed by atoms with E-state index in [2.05, 4.69) is 263 Å². The fourth-order valence-electron chi connectivity index (χ4n) is 14.3. The molecule has 0 bridgehead atoms. The van der Waals surface area contributed by atoms with E-state index in [0.29, 0.717) is 53.2 Å². The minimum absolute atomic E-state index is 0.387. The second-order valence-electron chi connectivity index (χ2n) is 36.2. The van der Waals surface area contributed by atoms with Crippen LogP contribution in [0.3, 0.4) is 0 Å². The summed E-state index contributed by atoms with van der Waals surface area (Å²) in [6.45, 7) is 33.9.